The third kappa shape index (κ3) is 4.47. The Morgan fingerprint density at radius 1 is 1.12 bits per heavy atom. The van der Waals surface area contributed by atoms with Crippen molar-refractivity contribution in [2.75, 3.05) is 18.5 Å². The van der Waals surface area contributed by atoms with Crippen LogP contribution < -0.4 is 5.32 Å². The molecule has 1 saturated heterocycles. The molecule has 1 aliphatic rings. The van der Waals surface area contributed by atoms with Crippen LogP contribution in [0.2, 0.25) is 0 Å². The molecular formula is C22H18F3N3O4. The van der Waals surface area contributed by atoms with E-state index >= 15 is 0 Å². The lowest BCUT2D eigenvalue weighted by atomic mass is 10.1. The zero-order chi connectivity index (χ0) is 22.7. The van der Waals surface area contributed by atoms with E-state index in [-0.39, 0.29) is 18.0 Å². The van der Waals surface area contributed by atoms with E-state index in [0.717, 1.165) is 30.3 Å². The Kier molecular flexibility index (Phi) is 6.45. The highest BCUT2D eigenvalue weighted by Crippen LogP contribution is 2.31. The Morgan fingerprint density at radius 2 is 1.91 bits per heavy atom. The number of carbonyl (C=O) groups excluding carboxylic acids is 1. The smallest absolute Gasteiger partial charge is 0.274 e. The summed E-state index contributed by atoms with van der Waals surface area (Å²) in [5.41, 5.74) is -0.859. The summed E-state index contributed by atoms with van der Waals surface area (Å²) < 4.78 is 53.8. The van der Waals surface area contributed by atoms with Gasteiger partial charge in [-0.2, -0.15) is 0 Å². The minimum atomic E-state index is -1.01. The van der Waals surface area contributed by atoms with Crippen LogP contribution in [-0.2, 0) is 9.47 Å². The number of aromatic nitrogens is 2. The molecule has 1 aromatic carbocycles. The second-order valence-corrected chi connectivity index (χ2v) is 6.97. The van der Waals surface area contributed by atoms with Crippen molar-refractivity contribution in [1.82, 2.24) is 9.97 Å². The number of pyridine rings is 2. The van der Waals surface area contributed by atoms with E-state index < -0.39 is 47.0 Å². The van der Waals surface area contributed by atoms with Crippen molar-refractivity contribution >= 4 is 11.6 Å². The molecule has 0 bridgehead atoms. The first-order valence-corrected chi connectivity index (χ1v) is 9.72. The van der Waals surface area contributed by atoms with Crippen LogP contribution >= 0.6 is 0 Å². The Bertz CT molecular complexity index is 1120. The first kappa shape index (κ1) is 21.9. The number of anilines is 1. The number of aliphatic hydroxyl groups is 1. The van der Waals surface area contributed by atoms with Crippen LogP contribution in [0.25, 0.3) is 11.3 Å². The van der Waals surface area contributed by atoms with Gasteiger partial charge in [0.2, 0.25) is 0 Å². The van der Waals surface area contributed by atoms with E-state index in [1.54, 1.807) is 6.07 Å². The number of nitrogens with zero attached hydrogens (tertiary/aromatic N) is 2. The number of benzene rings is 1. The monoisotopic (exact) mass is 445 g/mol. The van der Waals surface area contributed by atoms with Crippen molar-refractivity contribution < 1.29 is 32.5 Å². The molecule has 1 amide bonds. The van der Waals surface area contributed by atoms with Gasteiger partial charge in [0.25, 0.3) is 5.91 Å². The first-order valence-electron chi connectivity index (χ1n) is 9.72. The summed E-state index contributed by atoms with van der Waals surface area (Å²) in [5.74, 6) is -3.75. The highest BCUT2D eigenvalue weighted by Gasteiger charge is 2.27. The standard InChI is InChI=1S/C22H18F3N3O4/c23-14-2-1-3-15(24)19(14)20-16(25)4-5-17(27-20)21(30)28-18-10-26-8-6-13(18)22-31-9-7-12(11-29)32-22/h1-6,8,10,12,22,29H,7,9,11H2,(H,28,30)/t12-,22?/m0/s1. The van der Waals surface area contributed by atoms with Crippen LogP contribution in [0.5, 0.6) is 0 Å². The fourth-order valence-corrected chi connectivity index (χ4v) is 3.26. The van der Waals surface area contributed by atoms with E-state index in [2.05, 4.69) is 15.3 Å². The summed E-state index contributed by atoms with van der Waals surface area (Å²) in [6.45, 7) is 0.171. The van der Waals surface area contributed by atoms with Crippen molar-refractivity contribution in [3.63, 3.8) is 0 Å². The summed E-state index contributed by atoms with van der Waals surface area (Å²) in [7, 11) is 0. The molecule has 1 unspecified atom stereocenters. The summed E-state index contributed by atoms with van der Waals surface area (Å²) >= 11 is 0. The second-order valence-electron chi connectivity index (χ2n) is 6.97. The van der Waals surface area contributed by atoms with Gasteiger partial charge in [-0.1, -0.05) is 6.07 Å². The quantitative estimate of drug-likeness (QED) is 0.623. The molecule has 4 rings (SSSR count). The van der Waals surface area contributed by atoms with Crippen molar-refractivity contribution in [2.45, 2.75) is 18.8 Å². The molecule has 2 atom stereocenters. The molecular weight excluding hydrogens is 427 g/mol. The average molecular weight is 445 g/mol. The lowest BCUT2D eigenvalue weighted by Gasteiger charge is -2.30. The number of hydrogen-bond donors (Lipinski definition) is 2. The van der Waals surface area contributed by atoms with Crippen LogP contribution in [0.1, 0.15) is 28.8 Å². The topological polar surface area (TPSA) is 93.6 Å². The molecule has 3 aromatic rings. The third-order valence-electron chi connectivity index (χ3n) is 4.86. The number of carbonyl (C=O) groups is 1. The highest BCUT2D eigenvalue weighted by molar-refractivity contribution is 6.03. The maximum absolute atomic E-state index is 14.3. The Labute approximate surface area is 180 Å². The number of amides is 1. The average Bonchev–Trinajstić information content (AvgIpc) is 2.80. The van der Waals surface area contributed by atoms with E-state index in [4.69, 9.17) is 9.47 Å². The van der Waals surface area contributed by atoms with Gasteiger partial charge >= 0.3 is 0 Å². The summed E-state index contributed by atoms with van der Waals surface area (Å²) in [4.78, 5) is 20.6. The van der Waals surface area contributed by atoms with Gasteiger partial charge in [0.1, 0.15) is 28.8 Å². The maximum atomic E-state index is 14.3. The molecule has 0 radical (unpaired) electrons. The number of ether oxygens (including phenoxy) is 2. The van der Waals surface area contributed by atoms with Gasteiger partial charge in [-0.25, -0.2) is 18.2 Å². The lowest BCUT2D eigenvalue weighted by Crippen LogP contribution is -2.30. The predicted molar refractivity (Wildman–Crippen MR) is 107 cm³/mol. The van der Waals surface area contributed by atoms with E-state index in [1.807, 2.05) is 0 Å². The predicted octanol–water partition coefficient (Wildman–Crippen LogP) is 3.61. The lowest BCUT2D eigenvalue weighted by molar-refractivity contribution is -0.223. The first-order chi connectivity index (χ1) is 15.5. The molecule has 1 aliphatic heterocycles. The fraction of sp³-hybridized carbons (Fsp3) is 0.227. The van der Waals surface area contributed by atoms with E-state index in [1.165, 1.54) is 12.4 Å². The Morgan fingerprint density at radius 3 is 2.66 bits per heavy atom. The zero-order valence-electron chi connectivity index (χ0n) is 16.6. The van der Waals surface area contributed by atoms with Gasteiger partial charge in [0.05, 0.1) is 36.8 Å². The second kappa shape index (κ2) is 9.43. The molecule has 0 saturated carbocycles. The molecule has 0 aliphatic carbocycles. The number of nitrogens with one attached hydrogen (secondary N) is 1. The SMILES string of the molecule is O=C(Nc1cnccc1C1OCC[C@@H](CO)O1)c1ccc(F)c(-c2c(F)cccc2F)n1. The number of rotatable bonds is 5. The van der Waals surface area contributed by atoms with Crippen LogP contribution in [0.3, 0.4) is 0 Å². The van der Waals surface area contributed by atoms with Crippen LogP contribution in [0, 0.1) is 17.5 Å². The summed E-state index contributed by atoms with van der Waals surface area (Å²) in [6, 6.07) is 6.67. The molecule has 7 nitrogen and oxygen atoms in total. The van der Waals surface area contributed by atoms with Gasteiger partial charge in [-0.15, -0.1) is 0 Å². The summed E-state index contributed by atoms with van der Waals surface area (Å²) in [6.07, 6.45) is 2.11. The normalized spacial score (nSPS) is 18.4. The molecule has 3 heterocycles. The van der Waals surface area contributed by atoms with Gasteiger partial charge in [0.15, 0.2) is 6.29 Å². The summed E-state index contributed by atoms with van der Waals surface area (Å²) in [5, 5.41) is 11.9. The maximum Gasteiger partial charge on any atom is 0.274 e. The van der Waals surface area contributed by atoms with Gasteiger partial charge in [-0.05, 0) is 36.8 Å². The number of aliphatic hydroxyl groups excluding tert-OH is 1. The zero-order valence-corrected chi connectivity index (χ0v) is 16.6. The Hall–Kier alpha value is -3.34. The molecule has 32 heavy (non-hydrogen) atoms. The fourth-order valence-electron chi connectivity index (χ4n) is 3.26. The molecule has 2 aromatic heterocycles. The molecule has 0 spiro atoms. The molecule has 10 heteroatoms. The van der Waals surface area contributed by atoms with E-state index in [9.17, 15) is 23.1 Å². The van der Waals surface area contributed by atoms with Crippen molar-refractivity contribution in [2.24, 2.45) is 0 Å². The van der Waals surface area contributed by atoms with Crippen LogP contribution in [-0.4, -0.2) is 40.3 Å². The van der Waals surface area contributed by atoms with Crippen molar-refractivity contribution in [3.05, 3.63) is 77.5 Å². The Balaban J connectivity index is 1.62. The molecule has 166 valence electrons. The third-order valence-corrected chi connectivity index (χ3v) is 4.86. The van der Waals surface area contributed by atoms with Gasteiger partial charge < -0.3 is 19.9 Å². The van der Waals surface area contributed by atoms with Crippen molar-refractivity contribution in [1.29, 1.82) is 0 Å². The number of halogens is 3. The van der Waals surface area contributed by atoms with Crippen LogP contribution in [0.4, 0.5) is 18.9 Å². The minimum absolute atomic E-state index is 0.179. The van der Waals surface area contributed by atoms with Gasteiger partial charge in [-0.3, -0.25) is 9.78 Å². The minimum Gasteiger partial charge on any atom is -0.394 e. The van der Waals surface area contributed by atoms with E-state index in [0.29, 0.717) is 18.6 Å². The largest absolute Gasteiger partial charge is 0.394 e. The van der Waals surface area contributed by atoms with Gasteiger partial charge in [0, 0.05) is 11.8 Å². The van der Waals surface area contributed by atoms with Crippen LogP contribution in [0.15, 0.2) is 48.8 Å². The van der Waals surface area contributed by atoms with Crippen molar-refractivity contribution in [3.8, 4) is 11.3 Å². The number of hydrogen-bond acceptors (Lipinski definition) is 6. The molecule has 1 fully saturated rings. The highest BCUT2D eigenvalue weighted by atomic mass is 19.1. The molecule has 2 N–H and O–H groups in total.